The van der Waals surface area contributed by atoms with Gasteiger partial charge in [0.15, 0.2) is 0 Å². The van der Waals surface area contributed by atoms with Gasteiger partial charge in [-0.3, -0.25) is 9.89 Å². The first kappa shape index (κ1) is 11.9. The van der Waals surface area contributed by atoms with E-state index in [4.69, 9.17) is 0 Å². The highest BCUT2D eigenvalue weighted by Gasteiger charge is 2.12. The molecule has 0 aliphatic rings. The standard InChI is InChI=1S/C12H15N3OS/c1-7-4-5-17-11(7)12(16)13-6-10-8(2)14-15-9(10)3/h4-5H,6H2,1-3H3,(H,13,16)(H,14,15). The van der Waals surface area contributed by atoms with E-state index in [2.05, 4.69) is 15.5 Å². The third kappa shape index (κ3) is 2.39. The highest BCUT2D eigenvalue weighted by molar-refractivity contribution is 7.12. The molecule has 90 valence electrons. The molecule has 2 rings (SSSR count). The molecule has 0 aliphatic heterocycles. The number of aromatic nitrogens is 2. The number of aryl methyl sites for hydroxylation is 3. The number of hydrogen-bond donors (Lipinski definition) is 2. The number of carbonyl (C=O) groups is 1. The molecule has 0 spiro atoms. The summed E-state index contributed by atoms with van der Waals surface area (Å²) in [5, 5.41) is 11.9. The Bertz CT molecular complexity index is 522. The zero-order chi connectivity index (χ0) is 12.4. The van der Waals surface area contributed by atoms with Gasteiger partial charge in [-0.05, 0) is 37.8 Å². The van der Waals surface area contributed by atoms with Crippen molar-refractivity contribution in [3.05, 3.63) is 38.8 Å². The minimum Gasteiger partial charge on any atom is -0.347 e. The second kappa shape index (κ2) is 4.71. The Morgan fingerprint density at radius 3 is 2.76 bits per heavy atom. The third-order valence-corrected chi connectivity index (χ3v) is 3.79. The van der Waals surface area contributed by atoms with Crippen molar-refractivity contribution in [2.45, 2.75) is 27.3 Å². The highest BCUT2D eigenvalue weighted by Crippen LogP contribution is 2.16. The maximum atomic E-state index is 11.9. The zero-order valence-corrected chi connectivity index (χ0v) is 10.9. The molecule has 0 aliphatic carbocycles. The van der Waals surface area contributed by atoms with E-state index in [1.54, 1.807) is 0 Å². The summed E-state index contributed by atoms with van der Waals surface area (Å²) in [6.07, 6.45) is 0. The molecule has 0 unspecified atom stereocenters. The number of nitrogens with zero attached hydrogens (tertiary/aromatic N) is 1. The molecule has 0 saturated heterocycles. The normalized spacial score (nSPS) is 10.5. The van der Waals surface area contributed by atoms with Gasteiger partial charge >= 0.3 is 0 Å². The number of aromatic amines is 1. The number of hydrogen-bond acceptors (Lipinski definition) is 3. The Balaban J connectivity index is 2.05. The van der Waals surface area contributed by atoms with Gasteiger partial charge in [0.25, 0.3) is 5.91 Å². The molecule has 0 atom stereocenters. The van der Waals surface area contributed by atoms with Crippen LogP contribution >= 0.6 is 11.3 Å². The van der Waals surface area contributed by atoms with Crippen LogP contribution in [0.25, 0.3) is 0 Å². The minimum absolute atomic E-state index is 0.0162. The molecule has 4 nitrogen and oxygen atoms in total. The Morgan fingerprint density at radius 2 is 2.24 bits per heavy atom. The van der Waals surface area contributed by atoms with Gasteiger partial charge in [-0.2, -0.15) is 5.10 Å². The Morgan fingerprint density at radius 1 is 1.47 bits per heavy atom. The molecule has 5 heteroatoms. The molecule has 0 aromatic carbocycles. The van der Waals surface area contributed by atoms with Gasteiger partial charge < -0.3 is 5.32 Å². The van der Waals surface area contributed by atoms with Gasteiger partial charge in [0.1, 0.15) is 0 Å². The third-order valence-electron chi connectivity index (χ3n) is 2.77. The molecule has 2 aromatic rings. The lowest BCUT2D eigenvalue weighted by atomic mass is 10.2. The van der Waals surface area contributed by atoms with E-state index in [1.807, 2.05) is 32.2 Å². The number of rotatable bonds is 3. The van der Waals surface area contributed by atoms with Gasteiger partial charge in [0, 0.05) is 17.8 Å². The lowest BCUT2D eigenvalue weighted by Crippen LogP contribution is -2.23. The number of H-pyrrole nitrogens is 1. The molecular formula is C12H15N3OS. The van der Waals surface area contributed by atoms with E-state index < -0.39 is 0 Å². The maximum absolute atomic E-state index is 11.9. The Kier molecular flexibility index (Phi) is 3.28. The lowest BCUT2D eigenvalue weighted by Gasteiger charge is -2.04. The summed E-state index contributed by atoms with van der Waals surface area (Å²) in [5.74, 6) is -0.0162. The number of amides is 1. The number of carbonyl (C=O) groups excluding carboxylic acids is 1. The lowest BCUT2D eigenvalue weighted by molar-refractivity contribution is 0.0954. The van der Waals surface area contributed by atoms with Gasteiger partial charge in [-0.15, -0.1) is 11.3 Å². The SMILES string of the molecule is Cc1ccsc1C(=O)NCc1c(C)n[nH]c1C. The summed E-state index contributed by atoms with van der Waals surface area (Å²) in [6, 6.07) is 1.95. The summed E-state index contributed by atoms with van der Waals surface area (Å²) < 4.78 is 0. The van der Waals surface area contributed by atoms with E-state index in [0.717, 1.165) is 27.4 Å². The van der Waals surface area contributed by atoms with E-state index >= 15 is 0 Å². The first-order valence-corrected chi connectivity index (χ1v) is 6.30. The molecule has 0 bridgehead atoms. The van der Waals surface area contributed by atoms with Crippen LogP contribution in [0.5, 0.6) is 0 Å². The van der Waals surface area contributed by atoms with E-state index in [-0.39, 0.29) is 5.91 Å². The summed E-state index contributed by atoms with van der Waals surface area (Å²) >= 11 is 1.47. The first-order valence-electron chi connectivity index (χ1n) is 5.42. The average Bonchev–Trinajstić information content (AvgIpc) is 2.84. The van der Waals surface area contributed by atoms with Crippen molar-refractivity contribution in [1.82, 2.24) is 15.5 Å². The fraction of sp³-hybridized carbons (Fsp3) is 0.333. The molecule has 2 heterocycles. The topological polar surface area (TPSA) is 57.8 Å². The van der Waals surface area contributed by atoms with Crippen LogP contribution in [0.2, 0.25) is 0 Å². The van der Waals surface area contributed by atoms with Crippen molar-refractivity contribution < 1.29 is 4.79 Å². The fourth-order valence-corrected chi connectivity index (χ4v) is 2.53. The Labute approximate surface area is 104 Å². The summed E-state index contributed by atoms with van der Waals surface area (Å²) in [4.78, 5) is 12.7. The van der Waals surface area contributed by atoms with Crippen LogP contribution in [0.3, 0.4) is 0 Å². The fourth-order valence-electron chi connectivity index (χ4n) is 1.69. The monoisotopic (exact) mass is 249 g/mol. The van der Waals surface area contributed by atoms with Crippen LogP contribution in [0.15, 0.2) is 11.4 Å². The molecule has 1 amide bonds. The maximum Gasteiger partial charge on any atom is 0.261 e. The minimum atomic E-state index is -0.0162. The van der Waals surface area contributed by atoms with Crippen LogP contribution in [-0.4, -0.2) is 16.1 Å². The highest BCUT2D eigenvalue weighted by atomic mass is 32.1. The van der Waals surface area contributed by atoms with Crippen LogP contribution < -0.4 is 5.32 Å². The van der Waals surface area contributed by atoms with Crippen molar-refractivity contribution in [3.8, 4) is 0 Å². The van der Waals surface area contributed by atoms with Crippen molar-refractivity contribution in [1.29, 1.82) is 0 Å². The van der Waals surface area contributed by atoms with Crippen LogP contribution in [-0.2, 0) is 6.54 Å². The van der Waals surface area contributed by atoms with E-state index in [1.165, 1.54) is 11.3 Å². The number of thiophene rings is 1. The first-order chi connectivity index (χ1) is 8.09. The smallest absolute Gasteiger partial charge is 0.261 e. The van der Waals surface area contributed by atoms with Crippen LogP contribution in [0.4, 0.5) is 0 Å². The Hall–Kier alpha value is -1.62. The molecule has 2 N–H and O–H groups in total. The van der Waals surface area contributed by atoms with Crippen molar-refractivity contribution in [2.75, 3.05) is 0 Å². The van der Waals surface area contributed by atoms with Crippen molar-refractivity contribution in [3.63, 3.8) is 0 Å². The van der Waals surface area contributed by atoms with E-state index in [0.29, 0.717) is 6.54 Å². The predicted molar refractivity (Wildman–Crippen MR) is 68.3 cm³/mol. The van der Waals surface area contributed by atoms with Crippen molar-refractivity contribution >= 4 is 17.2 Å². The summed E-state index contributed by atoms with van der Waals surface area (Å²) in [6.45, 7) is 6.35. The van der Waals surface area contributed by atoms with Gasteiger partial charge in [0.05, 0.1) is 10.6 Å². The van der Waals surface area contributed by atoms with Crippen LogP contribution in [0.1, 0.15) is 32.2 Å². The van der Waals surface area contributed by atoms with Gasteiger partial charge in [0.2, 0.25) is 0 Å². The average molecular weight is 249 g/mol. The molecule has 0 fully saturated rings. The molecule has 2 aromatic heterocycles. The van der Waals surface area contributed by atoms with Gasteiger partial charge in [-0.1, -0.05) is 0 Å². The molecule has 0 radical (unpaired) electrons. The zero-order valence-electron chi connectivity index (χ0n) is 10.1. The van der Waals surface area contributed by atoms with Crippen LogP contribution in [0, 0.1) is 20.8 Å². The largest absolute Gasteiger partial charge is 0.347 e. The van der Waals surface area contributed by atoms with Gasteiger partial charge in [-0.25, -0.2) is 0 Å². The summed E-state index contributed by atoms with van der Waals surface area (Å²) in [7, 11) is 0. The van der Waals surface area contributed by atoms with Crippen molar-refractivity contribution in [2.24, 2.45) is 0 Å². The molecule has 0 saturated carbocycles. The molecular weight excluding hydrogens is 234 g/mol. The molecule has 17 heavy (non-hydrogen) atoms. The quantitative estimate of drug-likeness (QED) is 0.877. The second-order valence-corrected chi connectivity index (χ2v) is 4.94. The number of nitrogens with one attached hydrogen (secondary N) is 2. The summed E-state index contributed by atoms with van der Waals surface area (Å²) in [5.41, 5.74) is 4.03. The van der Waals surface area contributed by atoms with E-state index in [9.17, 15) is 4.79 Å². The second-order valence-electron chi connectivity index (χ2n) is 4.03. The predicted octanol–water partition coefficient (Wildman–Crippen LogP) is 2.33.